The predicted molar refractivity (Wildman–Crippen MR) is 198 cm³/mol. The van der Waals surface area contributed by atoms with Crippen LogP contribution in [0.4, 0.5) is 0 Å². The van der Waals surface area contributed by atoms with Gasteiger partial charge >= 0.3 is 11.9 Å². The van der Waals surface area contributed by atoms with Gasteiger partial charge in [-0.2, -0.15) is 0 Å². The molecule has 0 aliphatic rings. The van der Waals surface area contributed by atoms with E-state index in [1.165, 1.54) is 6.92 Å². The highest BCUT2D eigenvalue weighted by Crippen LogP contribution is 2.22. The number of carboxylic acids is 2. The quantitative estimate of drug-likeness (QED) is 0.0450. The number of nitrogens with one attached hydrogen (secondary N) is 2. The number of carboxylic acid groups (broad SMARTS) is 2. The molecule has 20 heteroatoms. The van der Waals surface area contributed by atoms with Crippen molar-refractivity contribution in [2.75, 3.05) is 19.7 Å². The maximum absolute atomic E-state index is 12.5. The molecule has 0 aromatic rings. The van der Waals surface area contributed by atoms with E-state index in [9.17, 15) is 58.2 Å². The number of carbonyl (C=O) groups is 10. The van der Waals surface area contributed by atoms with Crippen LogP contribution >= 0.6 is 0 Å². The van der Waals surface area contributed by atoms with Crippen molar-refractivity contribution in [3.05, 3.63) is 0 Å². The van der Waals surface area contributed by atoms with Gasteiger partial charge in [0, 0.05) is 44.4 Å². The number of primary amides is 2. The minimum Gasteiger partial charge on any atom is -0.481 e. The van der Waals surface area contributed by atoms with Gasteiger partial charge in [0.1, 0.15) is 11.6 Å². The van der Waals surface area contributed by atoms with Gasteiger partial charge in [-0.1, -0.05) is 13.8 Å². The number of rotatable bonds is 27. The van der Waals surface area contributed by atoms with E-state index in [-0.39, 0.29) is 37.5 Å². The van der Waals surface area contributed by atoms with E-state index in [0.29, 0.717) is 6.42 Å². The van der Waals surface area contributed by atoms with Crippen LogP contribution in [0.5, 0.6) is 0 Å². The molecule has 0 spiro atoms. The van der Waals surface area contributed by atoms with Crippen molar-refractivity contribution in [1.82, 2.24) is 10.6 Å². The van der Waals surface area contributed by atoms with Crippen LogP contribution in [-0.4, -0.2) is 123 Å². The molecule has 0 aliphatic heterocycles. The summed E-state index contributed by atoms with van der Waals surface area (Å²) in [5.74, 6) is -12.5. The number of hydrogen-bond donors (Lipinski definition) is 9. The Labute approximate surface area is 326 Å². The number of carbonyl (C=O) groups excluding carboxylic acids is 8. The Morgan fingerprint density at radius 2 is 1.05 bits per heavy atom. The number of nitrogens with two attached hydrogens (primary N) is 3. The maximum atomic E-state index is 12.5. The first-order chi connectivity index (χ1) is 25.7. The summed E-state index contributed by atoms with van der Waals surface area (Å²) in [4.78, 5) is 117. The molecule has 0 saturated carbocycles. The summed E-state index contributed by atoms with van der Waals surface area (Å²) in [6.45, 7) is 10.4. The van der Waals surface area contributed by atoms with Crippen molar-refractivity contribution in [2.45, 2.75) is 117 Å². The summed E-state index contributed by atoms with van der Waals surface area (Å²) in [5.41, 5.74) is 14.9. The van der Waals surface area contributed by atoms with E-state index in [2.05, 4.69) is 10.6 Å². The van der Waals surface area contributed by atoms with Gasteiger partial charge in [0.05, 0.1) is 67.2 Å². The summed E-state index contributed by atoms with van der Waals surface area (Å²) in [6.07, 6.45) is -3.94. The number of Topliss-reactive ketones (excluding diaryl/α,β-unsaturated/α-hetero) is 4. The van der Waals surface area contributed by atoms with Crippen LogP contribution in [0.25, 0.3) is 0 Å². The number of hydrogen-bond acceptors (Lipinski definition) is 14. The Bertz CT molecular complexity index is 1390. The minimum atomic E-state index is -1.37. The highest BCUT2D eigenvalue weighted by Gasteiger charge is 2.33. The fourth-order valence-electron chi connectivity index (χ4n) is 5.04. The first-order valence-corrected chi connectivity index (χ1v) is 18.1. The Morgan fingerprint density at radius 1 is 0.661 bits per heavy atom. The number of aliphatic hydroxyl groups is 2. The first kappa shape index (κ1) is 53.4. The van der Waals surface area contributed by atoms with Crippen LogP contribution in [0.15, 0.2) is 0 Å². The van der Waals surface area contributed by atoms with Crippen molar-refractivity contribution in [3.8, 4) is 0 Å². The van der Waals surface area contributed by atoms with Crippen molar-refractivity contribution in [2.24, 2.45) is 46.8 Å². The number of aliphatic hydroxyl groups excluding tert-OH is 2. The van der Waals surface area contributed by atoms with Gasteiger partial charge in [-0.05, 0) is 41.0 Å². The predicted octanol–water partition coefficient (Wildman–Crippen LogP) is -1.62. The summed E-state index contributed by atoms with van der Waals surface area (Å²) >= 11 is 0. The van der Waals surface area contributed by atoms with E-state index in [4.69, 9.17) is 32.2 Å². The van der Waals surface area contributed by atoms with Crippen LogP contribution in [0.1, 0.15) is 93.4 Å². The normalized spacial score (nSPS) is 15.5. The van der Waals surface area contributed by atoms with Gasteiger partial charge in [0.2, 0.25) is 23.6 Å². The third-order valence-corrected chi connectivity index (χ3v) is 8.45. The lowest BCUT2D eigenvalue weighted by atomic mass is 9.90. The second-order valence-corrected chi connectivity index (χ2v) is 14.7. The van der Waals surface area contributed by atoms with Crippen LogP contribution in [0.2, 0.25) is 0 Å². The maximum Gasteiger partial charge on any atom is 0.309 e. The van der Waals surface area contributed by atoms with E-state index in [0.717, 1.165) is 0 Å². The zero-order valence-corrected chi connectivity index (χ0v) is 33.2. The lowest BCUT2D eigenvalue weighted by Crippen LogP contribution is -2.44. The van der Waals surface area contributed by atoms with Crippen molar-refractivity contribution >= 4 is 58.7 Å². The molecule has 8 atom stereocenters. The van der Waals surface area contributed by atoms with E-state index in [1.807, 2.05) is 6.92 Å². The fourth-order valence-corrected chi connectivity index (χ4v) is 5.04. The molecule has 0 rings (SSSR count). The van der Waals surface area contributed by atoms with Gasteiger partial charge in [-0.3, -0.25) is 47.9 Å². The molecule has 4 amide bonds. The summed E-state index contributed by atoms with van der Waals surface area (Å²) in [6, 6.07) is -1.17. The molecule has 56 heavy (non-hydrogen) atoms. The average molecular weight is 804 g/mol. The Hall–Kier alpha value is -4.66. The van der Waals surface area contributed by atoms with Crippen molar-refractivity contribution < 1.29 is 73.1 Å². The third kappa shape index (κ3) is 23.3. The van der Waals surface area contributed by atoms with Gasteiger partial charge < -0.3 is 53.0 Å². The lowest BCUT2D eigenvalue weighted by Gasteiger charge is -2.28. The molecule has 0 aliphatic carbocycles. The molecule has 0 saturated heterocycles. The Morgan fingerprint density at radius 3 is 1.38 bits per heavy atom. The molecule has 2 unspecified atom stereocenters. The first-order valence-electron chi connectivity index (χ1n) is 18.1. The molecule has 0 radical (unpaired) electrons. The van der Waals surface area contributed by atoms with Crippen LogP contribution < -0.4 is 27.8 Å². The molecular weight excluding hydrogens is 742 g/mol. The number of ether oxygens (including phenoxy) is 1. The van der Waals surface area contributed by atoms with Crippen molar-refractivity contribution in [3.63, 3.8) is 0 Å². The zero-order valence-electron chi connectivity index (χ0n) is 33.2. The molecule has 12 N–H and O–H groups in total. The molecule has 0 fully saturated rings. The van der Waals surface area contributed by atoms with Gasteiger partial charge in [0.25, 0.3) is 0 Å². The summed E-state index contributed by atoms with van der Waals surface area (Å²) in [7, 11) is 0. The average Bonchev–Trinajstić information content (AvgIpc) is 3.07. The van der Waals surface area contributed by atoms with E-state index < -0.39 is 133 Å². The van der Waals surface area contributed by atoms with Crippen LogP contribution in [0, 0.1) is 29.6 Å². The molecule has 0 heterocycles. The summed E-state index contributed by atoms with van der Waals surface area (Å²) < 4.78 is 5.65. The van der Waals surface area contributed by atoms with Crippen molar-refractivity contribution in [1.29, 1.82) is 0 Å². The molecule has 0 aromatic carbocycles. The standard InChI is InChI=1S/C21H36N2O7.C15H25N3O8/c1-7-12(2)17(25)11-23-19(27)14(9-18(22)26)8-15(24)10-16(20(28)29)13(3)30-21(4,5)6;1-7(20)10(15(25)26)4-9(21)2-8(3-13(17)23)14(24)18-5-12(22)11(16)6-19/h12-14,16H,7-11H2,1-6H3,(H2,22,26)(H,23,27)(H,28,29);7-8,10-11,19-20H,2-6,16H2,1H3,(H2,17,23)(H,18,24)(H,25,26)/t12-,13?,14-,16-;7?,8-,10-,11-/m00/s1. The van der Waals surface area contributed by atoms with Gasteiger partial charge in [0.15, 0.2) is 11.6 Å². The van der Waals surface area contributed by atoms with E-state index in [1.54, 1.807) is 34.6 Å². The topological polar surface area (TPSA) is 363 Å². The third-order valence-electron chi connectivity index (χ3n) is 8.45. The largest absolute Gasteiger partial charge is 0.481 e. The van der Waals surface area contributed by atoms with Gasteiger partial charge in [-0.15, -0.1) is 0 Å². The number of ketones is 4. The highest BCUT2D eigenvalue weighted by atomic mass is 16.5. The van der Waals surface area contributed by atoms with Crippen LogP contribution in [0.3, 0.4) is 0 Å². The SMILES string of the molecule is CC(O)[C@H](CC(=O)C[C@@H](CC(N)=O)C(=O)NCC(=O)[C@@H](N)CO)C(=O)O.CC[C@H](C)C(=O)CNC(=O)[C@H](CC(N)=O)CC(=O)C[C@H](C(=O)O)C(C)OC(C)(C)C. The molecule has 20 nitrogen and oxygen atoms in total. The second-order valence-electron chi connectivity index (χ2n) is 14.7. The minimum absolute atomic E-state index is 0.158. The molecule has 0 aromatic heterocycles. The highest BCUT2D eigenvalue weighted by molar-refractivity contribution is 5.95. The van der Waals surface area contributed by atoms with Crippen LogP contribution in [-0.2, 0) is 52.7 Å². The lowest BCUT2D eigenvalue weighted by molar-refractivity contribution is -0.155. The second kappa shape index (κ2) is 26.2. The molecular formula is C36H61N5O15. The zero-order chi connectivity index (χ0) is 44.1. The monoisotopic (exact) mass is 803 g/mol. The smallest absolute Gasteiger partial charge is 0.309 e. The Balaban J connectivity index is 0. The Kier molecular flexibility index (Phi) is 25.0. The fraction of sp³-hybridized carbons (Fsp3) is 0.722. The number of aliphatic carboxylic acids is 2. The van der Waals surface area contributed by atoms with E-state index >= 15 is 0 Å². The number of amides is 4. The van der Waals surface area contributed by atoms with Gasteiger partial charge in [-0.25, -0.2) is 0 Å². The molecule has 320 valence electrons. The molecule has 0 bridgehead atoms. The summed E-state index contributed by atoms with van der Waals surface area (Å²) in [5, 5.41) is 41.2.